The molecule has 4 heteroatoms. The minimum Gasteiger partial charge on any atom is -0.493 e. The van der Waals surface area contributed by atoms with Gasteiger partial charge in [-0.15, -0.1) is 0 Å². The highest BCUT2D eigenvalue weighted by Crippen LogP contribution is 2.27. The van der Waals surface area contributed by atoms with Gasteiger partial charge in [0.25, 0.3) is 0 Å². The standard InChI is InChI=1S/C13H17BrO3/c1-5-16-11-8-9(6-7-10(11)14)12(15)17-13(2,3)4/h6-8H,5H2,1-4H3. The fraction of sp³-hybridized carbons (Fsp3) is 0.462. The maximum absolute atomic E-state index is 11.8. The molecule has 1 rings (SSSR count). The second kappa shape index (κ2) is 5.54. The van der Waals surface area contributed by atoms with Gasteiger partial charge in [-0.3, -0.25) is 0 Å². The van der Waals surface area contributed by atoms with E-state index in [1.165, 1.54) is 0 Å². The third kappa shape index (κ3) is 4.38. The van der Waals surface area contributed by atoms with Crippen LogP contribution in [-0.2, 0) is 4.74 Å². The van der Waals surface area contributed by atoms with Crippen molar-refractivity contribution in [3.8, 4) is 5.75 Å². The van der Waals surface area contributed by atoms with Crippen molar-refractivity contribution < 1.29 is 14.3 Å². The molecule has 0 bridgehead atoms. The van der Waals surface area contributed by atoms with E-state index in [1.807, 2.05) is 27.7 Å². The summed E-state index contributed by atoms with van der Waals surface area (Å²) < 4.78 is 11.5. The normalized spacial score (nSPS) is 11.1. The molecule has 17 heavy (non-hydrogen) atoms. The summed E-state index contributed by atoms with van der Waals surface area (Å²) in [7, 11) is 0. The molecule has 0 aliphatic heterocycles. The number of carbonyl (C=O) groups excluding carboxylic acids is 1. The summed E-state index contributed by atoms with van der Waals surface area (Å²) in [5, 5.41) is 0. The number of carbonyl (C=O) groups is 1. The van der Waals surface area contributed by atoms with Gasteiger partial charge >= 0.3 is 5.97 Å². The molecule has 0 amide bonds. The van der Waals surface area contributed by atoms with E-state index in [9.17, 15) is 4.79 Å². The molecule has 0 saturated heterocycles. The highest BCUT2D eigenvalue weighted by atomic mass is 79.9. The quantitative estimate of drug-likeness (QED) is 0.797. The molecule has 0 spiro atoms. The Kier molecular flexibility index (Phi) is 4.57. The number of benzene rings is 1. The molecule has 0 radical (unpaired) electrons. The zero-order valence-corrected chi connectivity index (χ0v) is 12.1. The highest BCUT2D eigenvalue weighted by Gasteiger charge is 2.18. The van der Waals surface area contributed by atoms with E-state index < -0.39 is 5.60 Å². The van der Waals surface area contributed by atoms with Gasteiger partial charge in [0.1, 0.15) is 11.4 Å². The van der Waals surface area contributed by atoms with Gasteiger partial charge < -0.3 is 9.47 Å². The van der Waals surface area contributed by atoms with E-state index in [-0.39, 0.29) is 5.97 Å². The Morgan fingerprint density at radius 2 is 2.00 bits per heavy atom. The zero-order valence-electron chi connectivity index (χ0n) is 10.5. The smallest absolute Gasteiger partial charge is 0.338 e. The average Bonchev–Trinajstić information content (AvgIpc) is 2.19. The Hall–Kier alpha value is -1.03. The lowest BCUT2D eigenvalue weighted by atomic mass is 10.1. The van der Waals surface area contributed by atoms with Gasteiger partial charge in [-0.05, 0) is 61.8 Å². The molecule has 0 aliphatic carbocycles. The van der Waals surface area contributed by atoms with E-state index in [4.69, 9.17) is 9.47 Å². The molecule has 1 aromatic rings. The Bertz CT molecular complexity index is 408. The van der Waals surface area contributed by atoms with Crippen molar-refractivity contribution in [2.75, 3.05) is 6.61 Å². The lowest BCUT2D eigenvalue weighted by Crippen LogP contribution is -2.23. The van der Waals surface area contributed by atoms with Crippen LogP contribution in [0.2, 0.25) is 0 Å². The summed E-state index contributed by atoms with van der Waals surface area (Å²) in [5.41, 5.74) is 0.00205. The maximum Gasteiger partial charge on any atom is 0.338 e. The van der Waals surface area contributed by atoms with Crippen LogP contribution >= 0.6 is 15.9 Å². The minimum atomic E-state index is -0.490. The zero-order chi connectivity index (χ0) is 13.1. The predicted octanol–water partition coefficient (Wildman–Crippen LogP) is 3.80. The average molecular weight is 301 g/mol. The third-order valence-electron chi connectivity index (χ3n) is 1.87. The number of hydrogen-bond donors (Lipinski definition) is 0. The Balaban J connectivity index is 2.91. The molecule has 0 unspecified atom stereocenters. The maximum atomic E-state index is 11.8. The first kappa shape index (κ1) is 14.0. The SMILES string of the molecule is CCOc1cc(C(=O)OC(C)(C)C)ccc1Br. The molecule has 0 fully saturated rings. The van der Waals surface area contributed by atoms with Crippen LogP contribution in [0.1, 0.15) is 38.1 Å². The predicted molar refractivity (Wildman–Crippen MR) is 70.5 cm³/mol. The minimum absolute atomic E-state index is 0.342. The van der Waals surface area contributed by atoms with Crippen molar-refractivity contribution in [1.82, 2.24) is 0 Å². The molecule has 0 atom stereocenters. The van der Waals surface area contributed by atoms with Crippen LogP contribution in [0, 0.1) is 0 Å². The Morgan fingerprint density at radius 3 is 2.53 bits per heavy atom. The third-order valence-corrected chi connectivity index (χ3v) is 2.52. The monoisotopic (exact) mass is 300 g/mol. The molecule has 0 heterocycles. The van der Waals surface area contributed by atoms with Crippen LogP contribution in [0.5, 0.6) is 5.75 Å². The van der Waals surface area contributed by atoms with Crippen LogP contribution in [0.15, 0.2) is 22.7 Å². The number of esters is 1. The van der Waals surface area contributed by atoms with Crippen molar-refractivity contribution in [1.29, 1.82) is 0 Å². The lowest BCUT2D eigenvalue weighted by Gasteiger charge is -2.19. The van der Waals surface area contributed by atoms with Crippen LogP contribution < -0.4 is 4.74 Å². The van der Waals surface area contributed by atoms with Crippen LogP contribution in [-0.4, -0.2) is 18.2 Å². The largest absolute Gasteiger partial charge is 0.493 e. The first-order chi connectivity index (χ1) is 7.83. The van der Waals surface area contributed by atoms with E-state index in [0.29, 0.717) is 17.9 Å². The Morgan fingerprint density at radius 1 is 1.35 bits per heavy atom. The van der Waals surface area contributed by atoms with Crippen molar-refractivity contribution in [2.45, 2.75) is 33.3 Å². The van der Waals surface area contributed by atoms with Gasteiger partial charge in [0.2, 0.25) is 0 Å². The molecule has 0 saturated carbocycles. The van der Waals surface area contributed by atoms with Gasteiger partial charge in [0.15, 0.2) is 0 Å². The van der Waals surface area contributed by atoms with Crippen molar-refractivity contribution in [3.05, 3.63) is 28.2 Å². The van der Waals surface area contributed by atoms with Crippen molar-refractivity contribution >= 4 is 21.9 Å². The molecule has 0 aromatic heterocycles. The molecular formula is C13H17BrO3. The van der Waals surface area contributed by atoms with Crippen molar-refractivity contribution in [3.63, 3.8) is 0 Å². The highest BCUT2D eigenvalue weighted by molar-refractivity contribution is 9.10. The summed E-state index contributed by atoms with van der Waals surface area (Å²) in [4.78, 5) is 11.8. The number of ether oxygens (including phenoxy) is 2. The van der Waals surface area contributed by atoms with Gasteiger partial charge in [-0.2, -0.15) is 0 Å². The second-order valence-corrected chi connectivity index (χ2v) is 5.43. The van der Waals surface area contributed by atoms with Crippen LogP contribution in [0.4, 0.5) is 0 Å². The molecule has 0 aliphatic rings. The molecule has 94 valence electrons. The summed E-state index contributed by atoms with van der Waals surface area (Å²) in [6.45, 7) is 7.97. The van der Waals surface area contributed by atoms with E-state index in [0.717, 1.165) is 4.47 Å². The molecule has 0 N–H and O–H groups in total. The number of rotatable bonds is 3. The molecule has 1 aromatic carbocycles. The van der Waals surface area contributed by atoms with E-state index in [1.54, 1.807) is 18.2 Å². The van der Waals surface area contributed by atoms with Crippen molar-refractivity contribution in [2.24, 2.45) is 0 Å². The topological polar surface area (TPSA) is 35.5 Å². The molecule has 3 nitrogen and oxygen atoms in total. The van der Waals surface area contributed by atoms with Gasteiger partial charge in [0.05, 0.1) is 16.6 Å². The number of hydrogen-bond acceptors (Lipinski definition) is 3. The summed E-state index contributed by atoms with van der Waals surface area (Å²) in [6.07, 6.45) is 0. The Labute approximate surface area is 110 Å². The van der Waals surface area contributed by atoms with Crippen LogP contribution in [0.25, 0.3) is 0 Å². The number of halogens is 1. The van der Waals surface area contributed by atoms with Gasteiger partial charge in [0, 0.05) is 0 Å². The summed E-state index contributed by atoms with van der Waals surface area (Å²) >= 11 is 3.36. The van der Waals surface area contributed by atoms with Crippen LogP contribution in [0.3, 0.4) is 0 Å². The van der Waals surface area contributed by atoms with E-state index >= 15 is 0 Å². The summed E-state index contributed by atoms with van der Waals surface area (Å²) in [6, 6.07) is 5.17. The van der Waals surface area contributed by atoms with Gasteiger partial charge in [-0.25, -0.2) is 4.79 Å². The summed E-state index contributed by atoms with van der Waals surface area (Å²) in [5.74, 6) is 0.307. The lowest BCUT2D eigenvalue weighted by molar-refractivity contribution is 0.00691. The second-order valence-electron chi connectivity index (χ2n) is 4.58. The first-order valence-electron chi connectivity index (χ1n) is 5.49. The molecular weight excluding hydrogens is 284 g/mol. The fourth-order valence-electron chi connectivity index (χ4n) is 1.23. The van der Waals surface area contributed by atoms with Gasteiger partial charge in [-0.1, -0.05) is 0 Å². The first-order valence-corrected chi connectivity index (χ1v) is 6.28. The fourth-order valence-corrected chi connectivity index (χ4v) is 1.59. The van der Waals surface area contributed by atoms with E-state index in [2.05, 4.69) is 15.9 Å².